The van der Waals surface area contributed by atoms with Gasteiger partial charge in [-0.25, -0.2) is 4.79 Å². The molecule has 0 aromatic carbocycles. The number of amides is 1. The van der Waals surface area contributed by atoms with Crippen molar-refractivity contribution < 1.29 is 14.7 Å². The number of carbonyl (C=O) groups is 2. The summed E-state index contributed by atoms with van der Waals surface area (Å²) in [6.07, 6.45) is 3.19. The third-order valence-corrected chi connectivity index (χ3v) is 3.16. The molecule has 7 heteroatoms. The first kappa shape index (κ1) is 15.4. The van der Waals surface area contributed by atoms with Crippen LogP contribution in [0, 0.1) is 0 Å². The largest absolute Gasteiger partial charge is 0.480 e. The van der Waals surface area contributed by atoms with Crippen LogP contribution in [0.2, 0.25) is 0 Å². The van der Waals surface area contributed by atoms with E-state index in [1.807, 2.05) is 6.92 Å². The smallest absolute Gasteiger partial charge is 0.326 e. The number of rotatable bonds is 6. The summed E-state index contributed by atoms with van der Waals surface area (Å²) in [5, 5.41) is 11.4. The zero-order valence-corrected chi connectivity index (χ0v) is 12.0. The molecule has 0 saturated carbocycles. The van der Waals surface area contributed by atoms with Crippen molar-refractivity contribution in [3.63, 3.8) is 0 Å². The van der Waals surface area contributed by atoms with Crippen LogP contribution in [0.15, 0.2) is 21.5 Å². The Balaban J connectivity index is 2.78. The van der Waals surface area contributed by atoms with E-state index in [0.29, 0.717) is 12.8 Å². The van der Waals surface area contributed by atoms with E-state index in [1.54, 1.807) is 0 Å². The lowest BCUT2D eigenvalue weighted by atomic mass is 10.1. The van der Waals surface area contributed by atoms with Crippen LogP contribution in [0.1, 0.15) is 36.5 Å². The molecule has 1 amide bonds. The molecule has 1 aromatic heterocycles. The fourth-order valence-corrected chi connectivity index (χ4v) is 1.86. The number of unbranched alkanes of at least 4 members (excludes halogenated alkanes) is 1. The van der Waals surface area contributed by atoms with Crippen molar-refractivity contribution in [1.82, 2.24) is 10.3 Å². The molecule has 6 nitrogen and oxygen atoms in total. The summed E-state index contributed by atoms with van der Waals surface area (Å²) in [5.74, 6) is -1.59. The molecule has 0 bridgehead atoms. The number of nitrogens with one attached hydrogen (secondary N) is 2. The van der Waals surface area contributed by atoms with Crippen LogP contribution in [-0.2, 0) is 4.79 Å². The van der Waals surface area contributed by atoms with Crippen molar-refractivity contribution in [3.8, 4) is 0 Å². The van der Waals surface area contributed by atoms with E-state index < -0.39 is 17.9 Å². The molecular formula is C12H15BrN2O4. The van der Waals surface area contributed by atoms with Crippen LogP contribution in [0.4, 0.5) is 0 Å². The van der Waals surface area contributed by atoms with Crippen molar-refractivity contribution >= 4 is 27.8 Å². The van der Waals surface area contributed by atoms with Gasteiger partial charge in [-0.2, -0.15) is 0 Å². The maximum Gasteiger partial charge on any atom is 0.326 e. The van der Waals surface area contributed by atoms with Gasteiger partial charge in [-0.1, -0.05) is 19.8 Å². The van der Waals surface area contributed by atoms with Crippen molar-refractivity contribution in [3.05, 3.63) is 32.7 Å². The summed E-state index contributed by atoms with van der Waals surface area (Å²) < 4.78 is 0.223. The molecule has 0 unspecified atom stereocenters. The van der Waals surface area contributed by atoms with E-state index in [-0.39, 0.29) is 15.6 Å². The average molecular weight is 331 g/mol. The number of hydrogen-bond acceptors (Lipinski definition) is 3. The van der Waals surface area contributed by atoms with Crippen molar-refractivity contribution in [2.75, 3.05) is 0 Å². The second-order valence-electron chi connectivity index (χ2n) is 4.07. The maximum absolute atomic E-state index is 11.9. The van der Waals surface area contributed by atoms with Gasteiger partial charge in [0.15, 0.2) is 0 Å². The molecule has 3 N–H and O–H groups in total. The Kier molecular flexibility index (Phi) is 5.75. The number of aromatic nitrogens is 1. The van der Waals surface area contributed by atoms with Crippen LogP contribution < -0.4 is 10.9 Å². The van der Waals surface area contributed by atoms with Crippen molar-refractivity contribution in [1.29, 1.82) is 0 Å². The summed E-state index contributed by atoms with van der Waals surface area (Å²) in [6.45, 7) is 1.94. The summed E-state index contributed by atoms with van der Waals surface area (Å²) in [7, 11) is 0. The molecule has 0 aliphatic carbocycles. The maximum atomic E-state index is 11.9. The Bertz CT molecular complexity index is 527. The number of H-pyrrole nitrogens is 1. The van der Waals surface area contributed by atoms with E-state index in [4.69, 9.17) is 5.11 Å². The fraction of sp³-hybridized carbons (Fsp3) is 0.417. The summed E-state index contributed by atoms with van der Waals surface area (Å²) in [5.41, 5.74) is -0.147. The molecule has 1 rings (SSSR count). The number of carboxylic acids is 1. The zero-order valence-electron chi connectivity index (χ0n) is 10.4. The molecule has 1 atom stereocenters. The highest BCUT2D eigenvalue weighted by molar-refractivity contribution is 9.10. The first-order valence-corrected chi connectivity index (χ1v) is 6.67. The first-order valence-electron chi connectivity index (χ1n) is 5.87. The van der Waals surface area contributed by atoms with E-state index in [2.05, 4.69) is 26.2 Å². The van der Waals surface area contributed by atoms with Gasteiger partial charge in [0.05, 0.1) is 10.0 Å². The van der Waals surface area contributed by atoms with Gasteiger partial charge < -0.3 is 15.4 Å². The third-order valence-electron chi connectivity index (χ3n) is 2.57. The summed E-state index contributed by atoms with van der Waals surface area (Å²) in [4.78, 5) is 36.4. The zero-order chi connectivity index (χ0) is 14.4. The SMILES string of the molecule is CCCC[C@H](NC(=O)c1c[nH]c(=O)c(Br)c1)C(=O)O. The molecule has 0 radical (unpaired) electrons. The molecule has 1 aromatic rings. The normalized spacial score (nSPS) is 11.9. The van der Waals surface area contributed by atoms with Crippen LogP contribution in [-0.4, -0.2) is 28.0 Å². The number of carboxylic acid groups (broad SMARTS) is 1. The van der Waals surface area contributed by atoms with Crippen LogP contribution in [0.5, 0.6) is 0 Å². The van der Waals surface area contributed by atoms with Gasteiger partial charge >= 0.3 is 5.97 Å². The number of pyridine rings is 1. The second-order valence-corrected chi connectivity index (χ2v) is 4.93. The molecule has 104 valence electrons. The van der Waals surface area contributed by atoms with Crippen LogP contribution >= 0.6 is 15.9 Å². The molecule has 1 heterocycles. The first-order chi connectivity index (χ1) is 8.95. The molecule has 0 spiro atoms. The Morgan fingerprint density at radius 1 is 1.53 bits per heavy atom. The van der Waals surface area contributed by atoms with Gasteiger partial charge in [-0.05, 0) is 28.4 Å². The van der Waals surface area contributed by atoms with E-state index in [9.17, 15) is 14.4 Å². The van der Waals surface area contributed by atoms with Gasteiger partial charge in [0.2, 0.25) is 0 Å². The third kappa shape index (κ3) is 4.51. The Labute approximate surface area is 118 Å². The molecule has 0 fully saturated rings. The second kappa shape index (κ2) is 7.08. The number of hydrogen-bond donors (Lipinski definition) is 3. The van der Waals surface area contributed by atoms with Gasteiger partial charge in [0, 0.05) is 6.20 Å². The van der Waals surface area contributed by atoms with Gasteiger partial charge in [0.1, 0.15) is 6.04 Å². The number of halogens is 1. The minimum absolute atomic E-state index is 0.203. The monoisotopic (exact) mass is 330 g/mol. The minimum atomic E-state index is -1.06. The topological polar surface area (TPSA) is 99.3 Å². The van der Waals surface area contributed by atoms with Crippen LogP contribution in [0.3, 0.4) is 0 Å². The van der Waals surface area contributed by atoms with Crippen molar-refractivity contribution in [2.45, 2.75) is 32.2 Å². The lowest BCUT2D eigenvalue weighted by Crippen LogP contribution is -2.40. The predicted molar refractivity (Wildman–Crippen MR) is 73.2 cm³/mol. The van der Waals surface area contributed by atoms with Crippen molar-refractivity contribution in [2.24, 2.45) is 0 Å². The Morgan fingerprint density at radius 3 is 2.74 bits per heavy atom. The average Bonchev–Trinajstić information content (AvgIpc) is 2.37. The lowest BCUT2D eigenvalue weighted by molar-refractivity contribution is -0.139. The van der Waals surface area contributed by atoms with Crippen LogP contribution in [0.25, 0.3) is 0 Å². The Hall–Kier alpha value is -1.63. The fourth-order valence-electron chi connectivity index (χ4n) is 1.49. The van der Waals surface area contributed by atoms with Gasteiger partial charge in [0.25, 0.3) is 11.5 Å². The predicted octanol–water partition coefficient (Wildman–Crippen LogP) is 1.51. The molecular weight excluding hydrogens is 316 g/mol. The highest BCUT2D eigenvalue weighted by Gasteiger charge is 2.20. The quantitative estimate of drug-likeness (QED) is 0.736. The molecule has 0 aliphatic heterocycles. The number of aromatic amines is 1. The van der Waals surface area contributed by atoms with Gasteiger partial charge in [-0.15, -0.1) is 0 Å². The number of carbonyl (C=O) groups excluding carboxylic acids is 1. The lowest BCUT2D eigenvalue weighted by Gasteiger charge is -2.14. The minimum Gasteiger partial charge on any atom is -0.480 e. The Morgan fingerprint density at radius 2 is 2.21 bits per heavy atom. The molecule has 19 heavy (non-hydrogen) atoms. The highest BCUT2D eigenvalue weighted by Crippen LogP contribution is 2.07. The number of aliphatic carboxylic acids is 1. The summed E-state index contributed by atoms with van der Waals surface area (Å²) >= 11 is 3.01. The van der Waals surface area contributed by atoms with Gasteiger partial charge in [-0.3, -0.25) is 9.59 Å². The molecule has 0 aliphatic rings. The standard InChI is InChI=1S/C12H15BrN2O4/c1-2-3-4-9(12(18)19)15-10(16)7-5-8(13)11(17)14-6-7/h5-6,9H,2-4H2,1H3,(H,14,17)(H,15,16)(H,18,19)/t9-/m0/s1. The van der Waals surface area contributed by atoms with E-state index in [1.165, 1.54) is 12.3 Å². The summed E-state index contributed by atoms with van der Waals surface area (Å²) in [6, 6.07) is 0.436. The highest BCUT2D eigenvalue weighted by atomic mass is 79.9. The molecule has 0 saturated heterocycles. The van der Waals surface area contributed by atoms with E-state index >= 15 is 0 Å². The van der Waals surface area contributed by atoms with E-state index in [0.717, 1.165) is 6.42 Å².